The SMILES string of the molecule is C[Si](C)(C)CCOCn1nc(-c2ncc(Br)cc2Cl)nc1S(C)(=O)=O. The van der Waals surface area contributed by atoms with Crippen molar-refractivity contribution < 1.29 is 13.2 Å². The lowest BCUT2D eigenvalue weighted by Crippen LogP contribution is -2.22. The topological polar surface area (TPSA) is 87.0 Å². The van der Waals surface area contributed by atoms with Crippen molar-refractivity contribution in [1.82, 2.24) is 19.7 Å². The maximum Gasteiger partial charge on any atom is 0.248 e. The normalized spacial score (nSPS) is 12.6. The lowest BCUT2D eigenvalue weighted by atomic mass is 10.3. The molecular formula is C14H20BrClN4O3SSi. The van der Waals surface area contributed by atoms with Crippen LogP contribution < -0.4 is 0 Å². The van der Waals surface area contributed by atoms with Gasteiger partial charge in [0, 0.05) is 31.6 Å². The average Bonchev–Trinajstić information content (AvgIpc) is 2.86. The molecule has 2 aromatic heterocycles. The maximum absolute atomic E-state index is 12.0. The van der Waals surface area contributed by atoms with Crippen LogP contribution in [-0.2, 0) is 21.3 Å². The zero-order valence-corrected chi connectivity index (χ0v) is 18.6. The van der Waals surface area contributed by atoms with Gasteiger partial charge in [0.15, 0.2) is 0 Å². The summed E-state index contributed by atoms with van der Waals surface area (Å²) in [7, 11) is -4.80. The molecule has 0 unspecified atom stereocenters. The van der Waals surface area contributed by atoms with E-state index >= 15 is 0 Å². The van der Waals surface area contributed by atoms with Crippen LogP contribution in [0.2, 0.25) is 30.7 Å². The Labute approximate surface area is 161 Å². The number of nitrogens with zero attached hydrogens (tertiary/aromatic N) is 4. The van der Waals surface area contributed by atoms with Gasteiger partial charge in [0.2, 0.25) is 20.8 Å². The van der Waals surface area contributed by atoms with E-state index in [4.69, 9.17) is 16.3 Å². The molecule has 0 saturated carbocycles. The molecule has 25 heavy (non-hydrogen) atoms. The molecule has 0 saturated heterocycles. The van der Waals surface area contributed by atoms with Crippen molar-refractivity contribution in [2.24, 2.45) is 0 Å². The third-order valence-corrected chi connectivity index (χ3v) is 6.59. The van der Waals surface area contributed by atoms with Crippen LogP contribution in [0.3, 0.4) is 0 Å². The van der Waals surface area contributed by atoms with Crippen molar-refractivity contribution in [2.45, 2.75) is 37.6 Å². The highest BCUT2D eigenvalue weighted by atomic mass is 79.9. The van der Waals surface area contributed by atoms with E-state index < -0.39 is 17.9 Å². The second-order valence-electron chi connectivity index (χ2n) is 6.82. The summed E-state index contributed by atoms with van der Waals surface area (Å²) < 4.78 is 31.5. The lowest BCUT2D eigenvalue weighted by molar-refractivity contribution is 0.0715. The van der Waals surface area contributed by atoms with E-state index in [0.717, 1.165) is 12.3 Å². The summed E-state index contributed by atoms with van der Waals surface area (Å²) in [5.41, 5.74) is 0.315. The smallest absolute Gasteiger partial charge is 0.248 e. The maximum atomic E-state index is 12.0. The standard InChI is InChI=1S/C14H20BrClN4O3SSi/c1-24(21,22)14-18-13(12-11(16)7-10(15)8-17-12)19-20(14)9-23-5-6-25(2,3)4/h7-8H,5-6,9H2,1-4H3. The minimum atomic E-state index is -3.57. The van der Waals surface area contributed by atoms with Crippen molar-refractivity contribution in [3.63, 3.8) is 0 Å². The third-order valence-electron chi connectivity index (χ3n) is 3.20. The van der Waals surface area contributed by atoms with Gasteiger partial charge in [-0.05, 0) is 28.0 Å². The molecule has 2 aromatic rings. The highest BCUT2D eigenvalue weighted by molar-refractivity contribution is 9.10. The number of ether oxygens (including phenoxy) is 1. The lowest BCUT2D eigenvalue weighted by Gasteiger charge is -2.15. The van der Waals surface area contributed by atoms with Crippen LogP contribution in [0.4, 0.5) is 0 Å². The minimum Gasteiger partial charge on any atom is -0.359 e. The van der Waals surface area contributed by atoms with Gasteiger partial charge in [-0.15, -0.1) is 5.10 Å². The van der Waals surface area contributed by atoms with Crippen LogP contribution in [0.1, 0.15) is 0 Å². The van der Waals surface area contributed by atoms with E-state index in [0.29, 0.717) is 21.8 Å². The molecule has 0 N–H and O–H groups in total. The van der Waals surface area contributed by atoms with Crippen LogP contribution >= 0.6 is 27.5 Å². The van der Waals surface area contributed by atoms with Gasteiger partial charge in [0.05, 0.1) is 5.02 Å². The van der Waals surface area contributed by atoms with Gasteiger partial charge in [-0.3, -0.25) is 4.98 Å². The summed E-state index contributed by atoms with van der Waals surface area (Å²) in [4.78, 5) is 8.27. The highest BCUT2D eigenvalue weighted by Gasteiger charge is 2.22. The van der Waals surface area contributed by atoms with E-state index in [1.165, 1.54) is 4.68 Å². The van der Waals surface area contributed by atoms with E-state index in [-0.39, 0.29) is 17.7 Å². The minimum absolute atomic E-state index is 0.00797. The molecule has 0 spiro atoms. The molecule has 0 aliphatic heterocycles. The molecule has 2 rings (SSSR count). The van der Waals surface area contributed by atoms with E-state index in [1.807, 2.05) is 0 Å². The second-order valence-corrected chi connectivity index (χ2v) is 15.7. The van der Waals surface area contributed by atoms with Gasteiger partial charge in [-0.1, -0.05) is 31.2 Å². The summed E-state index contributed by atoms with van der Waals surface area (Å²) in [6.07, 6.45) is 2.63. The summed E-state index contributed by atoms with van der Waals surface area (Å²) in [5, 5.41) is 4.38. The predicted octanol–water partition coefficient (Wildman–Crippen LogP) is 3.47. The van der Waals surface area contributed by atoms with Crippen LogP contribution in [0.25, 0.3) is 11.5 Å². The Balaban J connectivity index is 2.28. The van der Waals surface area contributed by atoms with Gasteiger partial charge in [-0.25, -0.2) is 13.1 Å². The number of sulfone groups is 1. The first-order valence-corrected chi connectivity index (χ1v) is 14.3. The summed E-state index contributed by atoms with van der Waals surface area (Å²) in [6.45, 7) is 7.28. The molecule has 0 radical (unpaired) electrons. The van der Waals surface area contributed by atoms with E-state index in [2.05, 4.69) is 50.6 Å². The fourth-order valence-corrected chi connectivity index (χ4v) is 4.09. The Kier molecular flexibility index (Phi) is 6.42. The van der Waals surface area contributed by atoms with E-state index in [1.54, 1.807) is 12.3 Å². The fourth-order valence-electron chi connectivity index (χ4n) is 1.89. The number of aromatic nitrogens is 4. The predicted molar refractivity (Wildman–Crippen MR) is 103 cm³/mol. The Morgan fingerprint density at radius 2 is 2.04 bits per heavy atom. The molecule has 2 heterocycles. The van der Waals surface area contributed by atoms with Gasteiger partial charge >= 0.3 is 0 Å². The summed E-state index contributed by atoms with van der Waals surface area (Å²) in [5.74, 6) is 0.145. The van der Waals surface area contributed by atoms with Crippen molar-refractivity contribution in [3.8, 4) is 11.5 Å². The van der Waals surface area contributed by atoms with Crippen molar-refractivity contribution in [2.75, 3.05) is 12.9 Å². The van der Waals surface area contributed by atoms with Crippen molar-refractivity contribution in [3.05, 3.63) is 21.8 Å². The first-order chi connectivity index (χ1) is 11.5. The van der Waals surface area contributed by atoms with Crippen LogP contribution in [0, 0.1) is 0 Å². The number of pyridine rings is 1. The molecule has 0 fully saturated rings. The fraction of sp³-hybridized carbons (Fsp3) is 0.500. The molecule has 7 nitrogen and oxygen atoms in total. The molecule has 0 aliphatic carbocycles. The number of halogens is 2. The van der Waals surface area contributed by atoms with Crippen LogP contribution in [0.15, 0.2) is 21.9 Å². The number of rotatable bonds is 7. The van der Waals surface area contributed by atoms with Crippen molar-refractivity contribution in [1.29, 1.82) is 0 Å². The van der Waals surface area contributed by atoms with Crippen molar-refractivity contribution >= 4 is 45.4 Å². The quantitative estimate of drug-likeness (QED) is 0.458. The van der Waals surface area contributed by atoms with Crippen LogP contribution in [-0.4, -0.2) is 49.1 Å². The first-order valence-electron chi connectivity index (χ1n) is 7.51. The molecule has 0 amide bonds. The van der Waals surface area contributed by atoms with Crippen LogP contribution in [0.5, 0.6) is 0 Å². The highest BCUT2D eigenvalue weighted by Crippen LogP contribution is 2.26. The molecule has 0 atom stereocenters. The summed E-state index contributed by atoms with van der Waals surface area (Å²) >= 11 is 9.43. The number of hydrogen-bond donors (Lipinski definition) is 0. The molecular weight excluding hydrogens is 448 g/mol. The Bertz CT molecular complexity index is 867. The Morgan fingerprint density at radius 3 is 2.60 bits per heavy atom. The molecule has 0 bridgehead atoms. The largest absolute Gasteiger partial charge is 0.359 e. The number of hydrogen-bond acceptors (Lipinski definition) is 6. The zero-order chi connectivity index (χ0) is 18.8. The third kappa shape index (κ3) is 5.85. The first kappa shape index (κ1) is 20.5. The van der Waals surface area contributed by atoms with Gasteiger partial charge in [0.25, 0.3) is 0 Å². The second kappa shape index (κ2) is 7.83. The monoisotopic (exact) mass is 466 g/mol. The molecule has 0 aromatic carbocycles. The van der Waals surface area contributed by atoms with Gasteiger partial charge in [0.1, 0.15) is 12.4 Å². The Morgan fingerprint density at radius 1 is 1.36 bits per heavy atom. The van der Waals surface area contributed by atoms with Gasteiger partial charge in [-0.2, -0.15) is 4.98 Å². The molecule has 138 valence electrons. The average molecular weight is 468 g/mol. The Hall–Kier alpha value is -0.813. The summed E-state index contributed by atoms with van der Waals surface area (Å²) in [6, 6.07) is 2.62. The van der Waals surface area contributed by atoms with Gasteiger partial charge < -0.3 is 4.74 Å². The van der Waals surface area contributed by atoms with E-state index in [9.17, 15) is 8.42 Å². The molecule has 0 aliphatic rings. The molecule has 11 heteroatoms. The zero-order valence-electron chi connectivity index (χ0n) is 14.5.